The molecule has 0 atom stereocenters. The minimum Gasteiger partial charge on any atom is -0.211 e. The fourth-order valence-electron chi connectivity index (χ4n) is 0.747. The van der Waals surface area contributed by atoms with Crippen LogP contribution < -0.4 is 0 Å². The lowest BCUT2D eigenvalue weighted by Crippen LogP contribution is -1.89. The van der Waals surface area contributed by atoms with Crippen molar-refractivity contribution in [3.05, 3.63) is 0 Å². The monoisotopic (exact) mass is 170 g/mol. The maximum atomic E-state index is 11.5. The van der Waals surface area contributed by atoms with Crippen LogP contribution in [0.1, 0.15) is 32.1 Å². The Hall–Kier alpha value is 0.150. The van der Waals surface area contributed by atoms with Gasteiger partial charge in [-0.2, -0.15) is 0 Å². The van der Waals surface area contributed by atoms with Gasteiger partial charge in [0, 0.05) is 12.3 Å². The molecule has 0 spiro atoms. The van der Waals surface area contributed by atoms with Crippen molar-refractivity contribution in [3.63, 3.8) is 0 Å². The lowest BCUT2D eigenvalue weighted by atomic mass is 10.2. The van der Waals surface area contributed by atoms with Gasteiger partial charge < -0.3 is 0 Å². The van der Waals surface area contributed by atoms with Crippen molar-refractivity contribution in [2.75, 3.05) is 5.88 Å². The van der Waals surface area contributed by atoms with Gasteiger partial charge >= 0.3 is 0 Å². The molecule has 3 heteroatoms. The first-order valence-electron chi connectivity index (χ1n) is 3.61. The van der Waals surface area contributed by atoms with Crippen molar-refractivity contribution >= 4 is 11.6 Å². The highest BCUT2D eigenvalue weighted by Crippen LogP contribution is 2.08. The topological polar surface area (TPSA) is 0 Å². The van der Waals surface area contributed by atoms with Crippen molar-refractivity contribution in [1.82, 2.24) is 0 Å². The predicted octanol–water partition coefficient (Wildman–Crippen LogP) is 3.44. The van der Waals surface area contributed by atoms with Gasteiger partial charge in [0.2, 0.25) is 6.43 Å². The molecule has 0 saturated carbocycles. The molecule has 0 N–H and O–H groups in total. The maximum Gasteiger partial charge on any atom is 0.238 e. The second-order valence-electron chi connectivity index (χ2n) is 2.28. The molecule has 0 fully saturated rings. The SMILES string of the molecule is FC(F)CCCCCCCl. The Morgan fingerprint density at radius 2 is 1.60 bits per heavy atom. The normalized spacial score (nSPS) is 10.8. The smallest absolute Gasteiger partial charge is 0.211 e. The summed E-state index contributed by atoms with van der Waals surface area (Å²) in [5.41, 5.74) is 0. The molecule has 0 aromatic rings. The zero-order valence-corrected chi connectivity index (χ0v) is 6.71. The summed E-state index contributed by atoms with van der Waals surface area (Å²) >= 11 is 5.39. The average Bonchev–Trinajstić information content (AvgIpc) is 1.87. The van der Waals surface area contributed by atoms with E-state index in [9.17, 15) is 8.78 Å². The summed E-state index contributed by atoms with van der Waals surface area (Å²) in [5.74, 6) is 0.647. The maximum absolute atomic E-state index is 11.5. The van der Waals surface area contributed by atoms with Crippen LogP contribution in [0.2, 0.25) is 0 Å². The van der Waals surface area contributed by atoms with Crippen LogP contribution >= 0.6 is 11.6 Å². The van der Waals surface area contributed by atoms with Crippen molar-refractivity contribution in [2.45, 2.75) is 38.5 Å². The Balaban J connectivity index is 2.77. The first-order valence-corrected chi connectivity index (χ1v) is 4.15. The van der Waals surface area contributed by atoms with E-state index in [4.69, 9.17) is 11.6 Å². The standard InChI is InChI=1S/C7H13ClF2/c8-6-4-2-1-3-5-7(9)10/h7H,1-6H2. The van der Waals surface area contributed by atoms with Crippen LogP contribution in [0.15, 0.2) is 0 Å². The van der Waals surface area contributed by atoms with Crippen molar-refractivity contribution in [3.8, 4) is 0 Å². The molecular formula is C7H13ClF2. The zero-order chi connectivity index (χ0) is 7.82. The van der Waals surface area contributed by atoms with Gasteiger partial charge in [0.15, 0.2) is 0 Å². The van der Waals surface area contributed by atoms with Crippen LogP contribution in [-0.2, 0) is 0 Å². The van der Waals surface area contributed by atoms with E-state index in [0.717, 1.165) is 19.3 Å². The molecule has 0 aliphatic carbocycles. The highest BCUT2D eigenvalue weighted by atomic mass is 35.5. The van der Waals surface area contributed by atoms with Gasteiger partial charge in [0.1, 0.15) is 0 Å². The Morgan fingerprint density at radius 3 is 2.10 bits per heavy atom. The minimum absolute atomic E-state index is 0.0439. The van der Waals surface area contributed by atoms with Crippen LogP contribution in [0.5, 0.6) is 0 Å². The minimum atomic E-state index is -2.13. The molecule has 0 aliphatic heterocycles. The molecule has 0 aliphatic rings. The Kier molecular flexibility index (Phi) is 7.37. The van der Waals surface area contributed by atoms with Gasteiger partial charge in [-0.15, -0.1) is 11.6 Å². The number of halogens is 3. The molecule has 0 nitrogen and oxygen atoms in total. The summed E-state index contributed by atoms with van der Waals surface area (Å²) in [4.78, 5) is 0. The van der Waals surface area contributed by atoms with Crippen molar-refractivity contribution in [1.29, 1.82) is 0 Å². The zero-order valence-electron chi connectivity index (χ0n) is 5.95. The van der Waals surface area contributed by atoms with Crippen LogP contribution in [-0.4, -0.2) is 12.3 Å². The van der Waals surface area contributed by atoms with E-state index in [0.29, 0.717) is 12.3 Å². The molecule has 62 valence electrons. The molecule has 10 heavy (non-hydrogen) atoms. The molecular weight excluding hydrogens is 158 g/mol. The third kappa shape index (κ3) is 8.15. The van der Waals surface area contributed by atoms with E-state index >= 15 is 0 Å². The van der Waals surface area contributed by atoms with Gasteiger partial charge in [-0.1, -0.05) is 12.8 Å². The Labute approximate surface area is 65.6 Å². The Bertz CT molecular complexity index is 66.6. The summed E-state index contributed by atoms with van der Waals surface area (Å²) in [6.07, 6.45) is 1.37. The van der Waals surface area contributed by atoms with Gasteiger partial charge in [0.05, 0.1) is 0 Å². The van der Waals surface area contributed by atoms with Gasteiger partial charge in [-0.3, -0.25) is 0 Å². The lowest BCUT2D eigenvalue weighted by Gasteiger charge is -1.97. The van der Waals surface area contributed by atoms with Crippen LogP contribution in [0.3, 0.4) is 0 Å². The Morgan fingerprint density at radius 1 is 1.00 bits per heavy atom. The van der Waals surface area contributed by atoms with E-state index in [2.05, 4.69) is 0 Å². The fourth-order valence-corrected chi connectivity index (χ4v) is 0.936. The number of unbranched alkanes of at least 4 members (excludes halogenated alkanes) is 3. The summed E-state index contributed by atoms with van der Waals surface area (Å²) in [6.45, 7) is 0. The van der Waals surface area contributed by atoms with E-state index < -0.39 is 6.43 Å². The molecule has 0 bridgehead atoms. The molecule has 0 aromatic heterocycles. The first kappa shape index (κ1) is 10.2. The van der Waals surface area contributed by atoms with E-state index in [1.165, 1.54) is 0 Å². The fraction of sp³-hybridized carbons (Fsp3) is 1.00. The van der Waals surface area contributed by atoms with Crippen LogP contribution in [0, 0.1) is 0 Å². The lowest BCUT2D eigenvalue weighted by molar-refractivity contribution is 0.134. The third-order valence-corrected chi connectivity index (χ3v) is 1.57. The molecule has 0 rings (SSSR count). The second kappa shape index (κ2) is 7.26. The molecule has 0 radical (unpaired) electrons. The molecule has 0 aromatic carbocycles. The summed E-state index contributed by atoms with van der Waals surface area (Å²) in [5, 5.41) is 0. The van der Waals surface area contributed by atoms with Crippen molar-refractivity contribution < 1.29 is 8.78 Å². The number of hydrogen-bond donors (Lipinski definition) is 0. The molecule has 0 amide bonds. The molecule has 0 unspecified atom stereocenters. The van der Waals surface area contributed by atoms with E-state index in [-0.39, 0.29) is 6.42 Å². The molecule has 0 heterocycles. The summed E-state index contributed by atoms with van der Waals surface area (Å²) in [7, 11) is 0. The number of rotatable bonds is 6. The van der Waals surface area contributed by atoms with E-state index in [1.54, 1.807) is 0 Å². The van der Waals surface area contributed by atoms with Gasteiger partial charge in [-0.05, 0) is 12.8 Å². The van der Waals surface area contributed by atoms with Crippen molar-refractivity contribution in [2.24, 2.45) is 0 Å². The largest absolute Gasteiger partial charge is 0.238 e. The predicted molar refractivity (Wildman–Crippen MR) is 39.8 cm³/mol. The van der Waals surface area contributed by atoms with Gasteiger partial charge in [-0.25, -0.2) is 8.78 Å². The van der Waals surface area contributed by atoms with Gasteiger partial charge in [0.25, 0.3) is 0 Å². The first-order chi connectivity index (χ1) is 4.77. The van der Waals surface area contributed by atoms with Crippen LogP contribution in [0.4, 0.5) is 8.78 Å². The number of hydrogen-bond acceptors (Lipinski definition) is 0. The van der Waals surface area contributed by atoms with E-state index in [1.807, 2.05) is 0 Å². The highest BCUT2D eigenvalue weighted by Gasteiger charge is 2.00. The average molecular weight is 171 g/mol. The molecule has 0 saturated heterocycles. The summed E-state index contributed by atoms with van der Waals surface area (Å²) in [6, 6.07) is 0. The second-order valence-corrected chi connectivity index (χ2v) is 2.66. The van der Waals surface area contributed by atoms with Crippen LogP contribution in [0.25, 0.3) is 0 Å². The number of alkyl halides is 3. The highest BCUT2D eigenvalue weighted by molar-refractivity contribution is 6.17. The quantitative estimate of drug-likeness (QED) is 0.423. The third-order valence-electron chi connectivity index (χ3n) is 1.31. The summed E-state index contributed by atoms with van der Waals surface area (Å²) < 4.78 is 23.0.